The molecule has 3 aromatic carbocycles. The molecule has 0 saturated carbocycles. The van der Waals surface area contributed by atoms with Crippen molar-refractivity contribution < 1.29 is 27.9 Å². The Morgan fingerprint density at radius 1 is 0.923 bits per heavy atom. The molecule has 2 unspecified atom stereocenters. The third-order valence-electron chi connectivity index (χ3n) is 6.81. The largest absolute Gasteiger partial charge is 0.497 e. The number of carbonyl (C=O) groups is 3. The number of ether oxygens (including phenoxy) is 1. The van der Waals surface area contributed by atoms with E-state index < -0.39 is 35.4 Å². The predicted molar refractivity (Wildman–Crippen MR) is 142 cm³/mol. The van der Waals surface area contributed by atoms with Crippen LogP contribution in [-0.4, -0.2) is 42.3 Å². The van der Waals surface area contributed by atoms with Gasteiger partial charge in [0, 0.05) is 32.1 Å². The van der Waals surface area contributed by atoms with E-state index in [0.717, 1.165) is 40.6 Å². The van der Waals surface area contributed by atoms with Crippen LogP contribution < -0.4 is 15.4 Å². The lowest BCUT2D eigenvalue weighted by molar-refractivity contribution is -0.140. The summed E-state index contributed by atoms with van der Waals surface area (Å²) in [5, 5.41) is 5.30. The number of benzene rings is 3. The molecule has 7 nitrogen and oxygen atoms in total. The summed E-state index contributed by atoms with van der Waals surface area (Å²) in [6.45, 7) is 2.17. The lowest BCUT2D eigenvalue weighted by Gasteiger charge is -2.32. The Bertz CT molecular complexity index is 1330. The van der Waals surface area contributed by atoms with Crippen LogP contribution in [0.15, 0.2) is 66.7 Å². The summed E-state index contributed by atoms with van der Waals surface area (Å²) < 4.78 is 32.2. The molecule has 0 spiro atoms. The minimum absolute atomic E-state index is 0.143. The number of rotatable bonds is 9. The molecule has 2 atom stereocenters. The number of methoxy groups -OCH3 is 1. The highest BCUT2D eigenvalue weighted by Gasteiger charge is 2.31. The summed E-state index contributed by atoms with van der Waals surface area (Å²) in [5.41, 5.74) is 3.23. The molecule has 0 aliphatic carbocycles. The average Bonchev–Trinajstić information content (AvgIpc) is 2.94. The average molecular weight is 536 g/mol. The van der Waals surface area contributed by atoms with Crippen LogP contribution in [0.25, 0.3) is 0 Å². The van der Waals surface area contributed by atoms with Gasteiger partial charge in [-0.2, -0.15) is 0 Å². The molecule has 4 rings (SSSR count). The van der Waals surface area contributed by atoms with E-state index in [0.29, 0.717) is 19.5 Å². The Labute approximate surface area is 226 Å². The maximum Gasteiger partial charge on any atom is 0.245 e. The van der Waals surface area contributed by atoms with E-state index in [2.05, 4.69) is 10.6 Å². The van der Waals surface area contributed by atoms with Gasteiger partial charge in [-0.1, -0.05) is 36.4 Å². The van der Waals surface area contributed by atoms with E-state index in [-0.39, 0.29) is 24.4 Å². The van der Waals surface area contributed by atoms with Crippen molar-refractivity contribution in [2.75, 3.05) is 13.7 Å². The van der Waals surface area contributed by atoms with Crippen LogP contribution in [0, 0.1) is 17.6 Å². The molecular weight excluding hydrogens is 504 g/mol. The van der Waals surface area contributed by atoms with Crippen molar-refractivity contribution in [2.24, 2.45) is 5.92 Å². The minimum Gasteiger partial charge on any atom is -0.497 e. The Balaban J connectivity index is 1.44. The number of carbonyl (C=O) groups excluding carboxylic acids is 3. The molecule has 1 aliphatic rings. The van der Waals surface area contributed by atoms with E-state index in [1.807, 2.05) is 48.5 Å². The van der Waals surface area contributed by atoms with E-state index >= 15 is 0 Å². The second-order valence-corrected chi connectivity index (χ2v) is 9.61. The van der Waals surface area contributed by atoms with Crippen molar-refractivity contribution in [3.8, 4) is 5.75 Å². The molecule has 0 radical (unpaired) electrons. The third kappa shape index (κ3) is 7.19. The SMILES string of the molecule is COc1ccc2c(c1)CCN(C(=O)C(Cc1ccccc1)NC(=O)C(C)C(=O)NCc1cc(F)cc(F)c1)C2. The van der Waals surface area contributed by atoms with Gasteiger partial charge < -0.3 is 20.3 Å². The van der Waals surface area contributed by atoms with E-state index in [1.54, 1.807) is 12.0 Å². The number of nitrogens with one attached hydrogen (secondary N) is 2. The number of fused-ring (bicyclic) bond motifs is 1. The third-order valence-corrected chi connectivity index (χ3v) is 6.81. The van der Waals surface area contributed by atoms with Gasteiger partial charge in [0.25, 0.3) is 0 Å². The maximum atomic E-state index is 13.7. The van der Waals surface area contributed by atoms with Gasteiger partial charge in [-0.05, 0) is 59.9 Å². The highest BCUT2D eigenvalue weighted by Crippen LogP contribution is 2.24. The zero-order chi connectivity index (χ0) is 27.9. The molecule has 39 heavy (non-hydrogen) atoms. The zero-order valence-electron chi connectivity index (χ0n) is 21.9. The van der Waals surface area contributed by atoms with Crippen LogP contribution in [0.2, 0.25) is 0 Å². The molecule has 0 fully saturated rings. The van der Waals surface area contributed by atoms with Gasteiger partial charge in [0.05, 0.1) is 7.11 Å². The zero-order valence-corrected chi connectivity index (χ0v) is 21.9. The molecule has 0 bridgehead atoms. The fourth-order valence-corrected chi connectivity index (χ4v) is 4.59. The number of hydrogen-bond donors (Lipinski definition) is 2. The summed E-state index contributed by atoms with van der Waals surface area (Å²) in [4.78, 5) is 41.1. The summed E-state index contributed by atoms with van der Waals surface area (Å²) in [6.07, 6.45) is 0.915. The van der Waals surface area contributed by atoms with E-state index in [9.17, 15) is 23.2 Å². The summed E-state index contributed by atoms with van der Waals surface area (Å²) >= 11 is 0. The number of nitrogens with zero attached hydrogens (tertiary/aromatic N) is 1. The van der Waals surface area contributed by atoms with Crippen molar-refractivity contribution in [1.29, 1.82) is 0 Å². The standard InChI is InChI=1S/C30H31F2N3O4/c1-19(28(36)33-17-21-12-24(31)16-25(32)13-21)29(37)34-27(14-20-6-4-3-5-7-20)30(38)35-11-10-22-15-26(39-2)9-8-23(22)18-35/h3-9,12-13,15-16,19,27H,10-11,14,17-18H2,1-2H3,(H,33,36)(H,34,37). The molecule has 2 N–H and O–H groups in total. The lowest BCUT2D eigenvalue weighted by atomic mass is 9.97. The molecular formula is C30H31F2N3O4. The summed E-state index contributed by atoms with van der Waals surface area (Å²) in [5.74, 6) is -3.37. The topological polar surface area (TPSA) is 87.7 Å². The molecule has 1 aliphatic heterocycles. The van der Waals surface area contributed by atoms with E-state index in [1.165, 1.54) is 6.92 Å². The van der Waals surface area contributed by atoms with E-state index in [4.69, 9.17) is 4.74 Å². The Morgan fingerprint density at radius 3 is 2.33 bits per heavy atom. The van der Waals surface area contributed by atoms with Gasteiger partial charge in [0.15, 0.2) is 0 Å². The summed E-state index contributed by atoms with van der Waals surface area (Å²) in [6, 6.07) is 17.2. The first-order valence-corrected chi connectivity index (χ1v) is 12.7. The van der Waals surface area contributed by atoms with Gasteiger partial charge in [-0.25, -0.2) is 8.78 Å². The predicted octanol–water partition coefficient (Wildman–Crippen LogP) is 3.54. The number of amides is 3. The van der Waals surface area contributed by atoms with Gasteiger partial charge in [-0.15, -0.1) is 0 Å². The first-order valence-electron chi connectivity index (χ1n) is 12.7. The van der Waals surface area contributed by atoms with Crippen LogP contribution in [0.5, 0.6) is 5.75 Å². The monoisotopic (exact) mass is 535 g/mol. The molecule has 0 aromatic heterocycles. The lowest BCUT2D eigenvalue weighted by Crippen LogP contribution is -2.53. The van der Waals surface area contributed by atoms with Crippen molar-refractivity contribution in [3.05, 3.63) is 101 Å². The fraction of sp³-hybridized carbons (Fsp3) is 0.300. The van der Waals surface area contributed by atoms with Crippen LogP contribution >= 0.6 is 0 Å². The molecule has 3 aromatic rings. The van der Waals surface area contributed by atoms with Crippen LogP contribution in [0.3, 0.4) is 0 Å². The summed E-state index contributed by atoms with van der Waals surface area (Å²) in [7, 11) is 1.61. The van der Waals surface area contributed by atoms with Gasteiger partial charge in [0.1, 0.15) is 29.3 Å². The number of halogens is 2. The first-order chi connectivity index (χ1) is 18.7. The number of hydrogen-bond acceptors (Lipinski definition) is 4. The normalized spacial score (nSPS) is 14.1. The quantitative estimate of drug-likeness (QED) is 0.411. The first kappa shape index (κ1) is 27.8. The Kier molecular flexibility index (Phi) is 8.91. The Morgan fingerprint density at radius 2 is 1.64 bits per heavy atom. The second kappa shape index (κ2) is 12.5. The molecule has 204 valence electrons. The second-order valence-electron chi connectivity index (χ2n) is 9.61. The van der Waals surface area contributed by atoms with Crippen molar-refractivity contribution in [1.82, 2.24) is 15.5 Å². The fourth-order valence-electron chi connectivity index (χ4n) is 4.59. The van der Waals surface area contributed by atoms with Gasteiger partial charge in [0.2, 0.25) is 17.7 Å². The molecule has 3 amide bonds. The Hall–Kier alpha value is -4.27. The molecule has 0 saturated heterocycles. The van der Waals surface area contributed by atoms with Crippen LogP contribution in [0.4, 0.5) is 8.78 Å². The van der Waals surface area contributed by atoms with Gasteiger partial charge in [-0.3, -0.25) is 14.4 Å². The van der Waals surface area contributed by atoms with Crippen molar-refractivity contribution in [2.45, 2.75) is 38.9 Å². The van der Waals surface area contributed by atoms with Crippen LogP contribution in [0.1, 0.15) is 29.2 Å². The smallest absolute Gasteiger partial charge is 0.245 e. The molecule has 1 heterocycles. The highest BCUT2D eigenvalue weighted by atomic mass is 19.1. The minimum atomic E-state index is -1.14. The van der Waals surface area contributed by atoms with Crippen LogP contribution in [-0.2, 0) is 40.3 Å². The molecule has 9 heteroatoms. The van der Waals surface area contributed by atoms with Gasteiger partial charge >= 0.3 is 0 Å². The maximum absolute atomic E-state index is 13.7. The van der Waals surface area contributed by atoms with Crippen molar-refractivity contribution in [3.63, 3.8) is 0 Å². The van der Waals surface area contributed by atoms with Crippen molar-refractivity contribution >= 4 is 17.7 Å². The highest BCUT2D eigenvalue weighted by molar-refractivity contribution is 6.01.